The van der Waals surface area contributed by atoms with Gasteiger partial charge in [0.05, 0.1) is 0 Å². The van der Waals surface area contributed by atoms with Crippen molar-refractivity contribution in [1.29, 1.82) is 0 Å². The molecule has 0 saturated carbocycles. The molecule has 0 fully saturated rings. The van der Waals surface area contributed by atoms with Gasteiger partial charge in [0.1, 0.15) is 0 Å². The van der Waals surface area contributed by atoms with Gasteiger partial charge in [-0.05, 0) is 24.6 Å². The van der Waals surface area contributed by atoms with Gasteiger partial charge in [0.2, 0.25) is 0 Å². The molecule has 0 saturated heterocycles. The summed E-state index contributed by atoms with van der Waals surface area (Å²) in [4.78, 5) is 0. The van der Waals surface area contributed by atoms with E-state index in [9.17, 15) is 0 Å². The van der Waals surface area contributed by atoms with Crippen LogP contribution in [-0.2, 0) is 18.3 Å². The van der Waals surface area contributed by atoms with Gasteiger partial charge in [0.15, 0.2) is 0 Å². The fourth-order valence-corrected chi connectivity index (χ4v) is 2.13. The summed E-state index contributed by atoms with van der Waals surface area (Å²) in [6.07, 6.45) is 3.26. The van der Waals surface area contributed by atoms with Crippen LogP contribution >= 0.6 is 0 Å². The summed E-state index contributed by atoms with van der Waals surface area (Å²) < 4.78 is 7.21. The molecule has 1 aromatic heterocycles. The summed E-state index contributed by atoms with van der Waals surface area (Å²) in [7, 11) is 3.83. The Morgan fingerprint density at radius 2 is 2.12 bits per heavy atom. The molecule has 2 aromatic rings. The van der Waals surface area contributed by atoms with Crippen LogP contribution in [0.4, 0.5) is 0 Å². The van der Waals surface area contributed by atoms with Gasteiger partial charge in [0.25, 0.3) is 0 Å². The molecule has 1 heterocycles. The predicted octanol–water partition coefficient (Wildman–Crippen LogP) is 2.30. The van der Waals surface area contributed by atoms with Gasteiger partial charge < -0.3 is 14.6 Å². The Morgan fingerprint density at radius 1 is 1.29 bits per heavy atom. The predicted molar refractivity (Wildman–Crippen MR) is 71.1 cm³/mol. The zero-order valence-electron chi connectivity index (χ0n) is 10.6. The van der Waals surface area contributed by atoms with Crippen LogP contribution in [0.1, 0.15) is 12.0 Å². The zero-order valence-corrected chi connectivity index (χ0v) is 10.6. The highest BCUT2D eigenvalue weighted by atomic mass is 16.5. The largest absolute Gasteiger partial charge is 0.385 e. The van der Waals surface area contributed by atoms with Crippen molar-refractivity contribution < 1.29 is 4.74 Å². The highest BCUT2D eigenvalue weighted by Gasteiger charge is 2.04. The summed E-state index contributed by atoms with van der Waals surface area (Å²) in [5.41, 5.74) is 2.65. The molecule has 0 amide bonds. The van der Waals surface area contributed by atoms with Crippen LogP contribution in [0.3, 0.4) is 0 Å². The Balaban J connectivity index is 1.99. The molecule has 1 N–H and O–H groups in total. The Kier molecular flexibility index (Phi) is 4.18. The molecule has 1 aromatic carbocycles. The first-order valence-corrected chi connectivity index (χ1v) is 6.05. The number of rotatable bonds is 6. The van der Waals surface area contributed by atoms with Crippen LogP contribution in [0.15, 0.2) is 30.5 Å². The topological polar surface area (TPSA) is 26.2 Å². The molecule has 0 radical (unpaired) electrons. The number of para-hydroxylation sites is 1. The van der Waals surface area contributed by atoms with E-state index < -0.39 is 0 Å². The summed E-state index contributed by atoms with van der Waals surface area (Å²) in [5, 5.41) is 4.79. The van der Waals surface area contributed by atoms with E-state index in [-0.39, 0.29) is 0 Å². The van der Waals surface area contributed by atoms with E-state index in [4.69, 9.17) is 4.74 Å². The maximum atomic E-state index is 5.02. The Labute approximate surface area is 102 Å². The molecule has 0 unspecified atom stereocenters. The number of nitrogens with one attached hydrogen (secondary N) is 1. The molecule has 3 nitrogen and oxygen atoms in total. The quantitative estimate of drug-likeness (QED) is 0.773. The third-order valence-electron chi connectivity index (χ3n) is 3.00. The number of aryl methyl sites for hydroxylation is 1. The summed E-state index contributed by atoms with van der Waals surface area (Å²) in [5.74, 6) is 0. The Morgan fingerprint density at radius 3 is 2.94 bits per heavy atom. The first kappa shape index (κ1) is 12.1. The van der Waals surface area contributed by atoms with Gasteiger partial charge in [-0.15, -0.1) is 0 Å². The monoisotopic (exact) mass is 232 g/mol. The summed E-state index contributed by atoms with van der Waals surface area (Å²) in [6, 6.07) is 8.51. The number of fused-ring (bicyclic) bond motifs is 1. The zero-order chi connectivity index (χ0) is 12.1. The third kappa shape index (κ3) is 2.87. The Bertz CT molecular complexity index is 476. The van der Waals surface area contributed by atoms with Gasteiger partial charge in [-0.25, -0.2) is 0 Å². The second kappa shape index (κ2) is 5.84. The number of hydrogen-bond acceptors (Lipinski definition) is 2. The lowest BCUT2D eigenvalue weighted by Gasteiger charge is -2.03. The first-order valence-electron chi connectivity index (χ1n) is 6.05. The number of nitrogens with zero attached hydrogens (tertiary/aromatic N) is 1. The van der Waals surface area contributed by atoms with Crippen LogP contribution in [-0.4, -0.2) is 24.8 Å². The standard InChI is InChI=1S/C14H20N2O/c1-16-11-12(10-15-8-5-9-17-2)13-6-3-4-7-14(13)16/h3-4,6-7,11,15H,5,8-10H2,1-2H3. The number of benzene rings is 1. The van der Waals surface area contributed by atoms with E-state index in [1.807, 2.05) is 0 Å². The second-order valence-corrected chi connectivity index (χ2v) is 4.31. The highest BCUT2D eigenvalue weighted by Crippen LogP contribution is 2.19. The van der Waals surface area contributed by atoms with Crippen molar-refractivity contribution in [2.24, 2.45) is 7.05 Å². The van der Waals surface area contributed by atoms with E-state index >= 15 is 0 Å². The van der Waals surface area contributed by atoms with Crippen LogP contribution in [0.25, 0.3) is 10.9 Å². The lowest BCUT2D eigenvalue weighted by molar-refractivity contribution is 0.194. The minimum atomic E-state index is 0.822. The van der Waals surface area contributed by atoms with Crippen molar-refractivity contribution in [1.82, 2.24) is 9.88 Å². The van der Waals surface area contributed by atoms with Crippen LogP contribution < -0.4 is 5.32 Å². The minimum absolute atomic E-state index is 0.822. The molecule has 3 heteroatoms. The molecule has 0 bridgehead atoms. The molecular formula is C14H20N2O. The minimum Gasteiger partial charge on any atom is -0.385 e. The number of hydrogen-bond donors (Lipinski definition) is 1. The van der Waals surface area contributed by atoms with Crippen molar-refractivity contribution in [3.05, 3.63) is 36.0 Å². The fourth-order valence-electron chi connectivity index (χ4n) is 2.13. The molecule has 0 aliphatic carbocycles. The molecule has 92 valence electrons. The number of aromatic nitrogens is 1. The van der Waals surface area contributed by atoms with E-state index in [0.29, 0.717) is 0 Å². The van der Waals surface area contributed by atoms with E-state index in [0.717, 1.165) is 26.1 Å². The van der Waals surface area contributed by atoms with Gasteiger partial charge >= 0.3 is 0 Å². The first-order chi connectivity index (χ1) is 8.33. The van der Waals surface area contributed by atoms with Gasteiger partial charge in [-0.1, -0.05) is 18.2 Å². The lowest BCUT2D eigenvalue weighted by Crippen LogP contribution is -2.15. The van der Waals surface area contributed by atoms with E-state index in [1.165, 1.54) is 16.5 Å². The second-order valence-electron chi connectivity index (χ2n) is 4.31. The van der Waals surface area contributed by atoms with Gasteiger partial charge in [-0.2, -0.15) is 0 Å². The van der Waals surface area contributed by atoms with Gasteiger partial charge in [0, 0.05) is 44.4 Å². The van der Waals surface area contributed by atoms with E-state index in [1.54, 1.807) is 7.11 Å². The normalized spacial score (nSPS) is 11.2. The van der Waals surface area contributed by atoms with Crippen molar-refractivity contribution in [3.63, 3.8) is 0 Å². The van der Waals surface area contributed by atoms with Gasteiger partial charge in [-0.3, -0.25) is 0 Å². The average molecular weight is 232 g/mol. The highest BCUT2D eigenvalue weighted by molar-refractivity contribution is 5.83. The van der Waals surface area contributed by atoms with Crippen LogP contribution in [0.5, 0.6) is 0 Å². The summed E-state index contributed by atoms with van der Waals surface area (Å²) >= 11 is 0. The summed E-state index contributed by atoms with van der Waals surface area (Å²) in [6.45, 7) is 2.74. The molecular weight excluding hydrogens is 212 g/mol. The lowest BCUT2D eigenvalue weighted by atomic mass is 10.2. The van der Waals surface area contributed by atoms with Crippen molar-refractivity contribution in [2.75, 3.05) is 20.3 Å². The molecule has 0 spiro atoms. The Hall–Kier alpha value is -1.32. The number of methoxy groups -OCH3 is 1. The molecule has 2 rings (SSSR count). The maximum absolute atomic E-state index is 5.02. The van der Waals surface area contributed by atoms with Crippen molar-refractivity contribution >= 4 is 10.9 Å². The van der Waals surface area contributed by atoms with E-state index in [2.05, 4.69) is 47.4 Å². The molecule has 0 atom stereocenters. The molecule has 17 heavy (non-hydrogen) atoms. The number of ether oxygens (including phenoxy) is 1. The fraction of sp³-hybridized carbons (Fsp3) is 0.429. The SMILES string of the molecule is COCCCNCc1cn(C)c2ccccc12. The van der Waals surface area contributed by atoms with Crippen molar-refractivity contribution in [3.8, 4) is 0 Å². The maximum Gasteiger partial charge on any atom is 0.0481 e. The molecule has 0 aliphatic heterocycles. The van der Waals surface area contributed by atoms with Crippen LogP contribution in [0.2, 0.25) is 0 Å². The average Bonchev–Trinajstić information content (AvgIpc) is 2.67. The smallest absolute Gasteiger partial charge is 0.0481 e. The van der Waals surface area contributed by atoms with Crippen LogP contribution in [0, 0.1) is 0 Å². The van der Waals surface area contributed by atoms with Crippen molar-refractivity contribution in [2.45, 2.75) is 13.0 Å². The third-order valence-corrected chi connectivity index (χ3v) is 3.00. The molecule has 0 aliphatic rings.